The van der Waals surface area contributed by atoms with Gasteiger partial charge in [0.05, 0.1) is 35.8 Å². The summed E-state index contributed by atoms with van der Waals surface area (Å²) in [5.41, 5.74) is 1.54. The fourth-order valence-electron chi connectivity index (χ4n) is 3.37. The number of hydrogen-bond acceptors (Lipinski definition) is 5. The number of ether oxygens (including phenoxy) is 1. The molecule has 0 radical (unpaired) electrons. The van der Waals surface area contributed by atoms with Gasteiger partial charge < -0.3 is 4.74 Å². The van der Waals surface area contributed by atoms with Crippen molar-refractivity contribution in [3.8, 4) is 0 Å². The van der Waals surface area contributed by atoms with E-state index in [-0.39, 0.29) is 11.8 Å². The summed E-state index contributed by atoms with van der Waals surface area (Å²) in [6.07, 6.45) is 5.78. The molecule has 1 heterocycles. The van der Waals surface area contributed by atoms with Crippen molar-refractivity contribution in [1.82, 2.24) is 4.98 Å². The second-order valence-electron chi connectivity index (χ2n) is 6.68. The molecular weight excluding hydrogens is 364 g/mol. The Morgan fingerprint density at radius 3 is 2.41 bits per heavy atom. The van der Waals surface area contributed by atoms with Crippen molar-refractivity contribution in [2.75, 3.05) is 11.4 Å². The van der Waals surface area contributed by atoms with Crippen LogP contribution in [0.1, 0.15) is 48.2 Å². The Balaban J connectivity index is 1.90. The van der Waals surface area contributed by atoms with Crippen LogP contribution in [0.2, 0.25) is 0 Å². The summed E-state index contributed by atoms with van der Waals surface area (Å²) in [5, 5.41) is -0.360. The topological polar surface area (TPSA) is 76.6 Å². The van der Waals surface area contributed by atoms with Crippen molar-refractivity contribution in [1.29, 1.82) is 0 Å². The first-order valence-corrected chi connectivity index (χ1v) is 10.6. The minimum atomic E-state index is -3.50. The van der Waals surface area contributed by atoms with Crippen molar-refractivity contribution in [3.63, 3.8) is 0 Å². The predicted octanol–water partition coefficient (Wildman–Crippen LogP) is 3.54. The molecule has 1 saturated carbocycles. The lowest BCUT2D eigenvalue weighted by Gasteiger charge is -2.31. The maximum atomic E-state index is 13.3. The molecule has 1 aliphatic rings. The number of sulfonamides is 1. The standard InChI is InChI=1S/C20H24N2O4S/c1-26-20(23)16-12-13-17(21-14-16)15-22(18-8-4-2-5-9-18)27(24,25)19-10-6-3-7-11-19/h2,4-5,8-9,12-14,19H,3,6-7,10-11,15H2,1H3. The summed E-state index contributed by atoms with van der Waals surface area (Å²) in [6.45, 7) is 0.129. The van der Waals surface area contributed by atoms with Crippen LogP contribution in [0.4, 0.5) is 5.69 Å². The molecule has 1 aromatic carbocycles. The van der Waals surface area contributed by atoms with Gasteiger partial charge in [-0.2, -0.15) is 0 Å². The number of rotatable bonds is 6. The molecule has 1 fully saturated rings. The Hall–Kier alpha value is -2.41. The maximum Gasteiger partial charge on any atom is 0.339 e. The van der Waals surface area contributed by atoms with Gasteiger partial charge in [0.15, 0.2) is 0 Å². The summed E-state index contributed by atoms with van der Waals surface area (Å²) < 4.78 is 32.8. The highest BCUT2D eigenvalue weighted by Crippen LogP contribution is 2.30. The predicted molar refractivity (Wildman–Crippen MR) is 104 cm³/mol. The first kappa shape index (κ1) is 19.4. The highest BCUT2D eigenvalue weighted by Gasteiger charge is 2.33. The molecular formula is C20H24N2O4S. The molecule has 0 amide bonds. The molecule has 7 heteroatoms. The third-order valence-electron chi connectivity index (χ3n) is 4.88. The largest absolute Gasteiger partial charge is 0.465 e. The van der Waals surface area contributed by atoms with E-state index in [1.165, 1.54) is 17.6 Å². The molecule has 0 N–H and O–H groups in total. The minimum Gasteiger partial charge on any atom is -0.465 e. The average Bonchev–Trinajstić information content (AvgIpc) is 2.73. The van der Waals surface area contributed by atoms with E-state index in [2.05, 4.69) is 9.72 Å². The van der Waals surface area contributed by atoms with Gasteiger partial charge in [0.1, 0.15) is 0 Å². The van der Waals surface area contributed by atoms with E-state index in [1.807, 2.05) is 18.2 Å². The van der Waals surface area contributed by atoms with Crippen LogP contribution in [0.3, 0.4) is 0 Å². The van der Waals surface area contributed by atoms with Gasteiger partial charge in [0.25, 0.3) is 0 Å². The number of nitrogens with zero attached hydrogens (tertiary/aromatic N) is 2. The lowest BCUT2D eigenvalue weighted by Crippen LogP contribution is -2.39. The second-order valence-corrected chi connectivity index (χ2v) is 8.81. The fourth-order valence-corrected chi connectivity index (χ4v) is 5.39. The van der Waals surface area contributed by atoms with E-state index in [9.17, 15) is 13.2 Å². The van der Waals surface area contributed by atoms with Crippen LogP contribution in [-0.2, 0) is 21.3 Å². The summed E-state index contributed by atoms with van der Waals surface area (Å²) in [4.78, 5) is 15.8. The number of pyridine rings is 1. The molecule has 6 nitrogen and oxygen atoms in total. The zero-order chi connectivity index (χ0) is 19.3. The molecule has 0 bridgehead atoms. The van der Waals surface area contributed by atoms with Gasteiger partial charge in [-0.15, -0.1) is 0 Å². The quantitative estimate of drug-likeness (QED) is 0.708. The third kappa shape index (κ3) is 4.47. The highest BCUT2D eigenvalue weighted by molar-refractivity contribution is 7.93. The van der Waals surface area contributed by atoms with E-state index in [1.54, 1.807) is 24.3 Å². The summed E-state index contributed by atoms with van der Waals surface area (Å²) in [7, 11) is -2.20. The molecule has 27 heavy (non-hydrogen) atoms. The Labute approximate surface area is 160 Å². The van der Waals surface area contributed by atoms with Crippen molar-refractivity contribution >= 4 is 21.7 Å². The molecule has 1 aliphatic carbocycles. The monoisotopic (exact) mass is 388 g/mol. The number of methoxy groups -OCH3 is 1. The molecule has 144 valence electrons. The van der Waals surface area contributed by atoms with E-state index in [0.717, 1.165) is 19.3 Å². The Morgan fingerprint density at radius 2 is 1.81 bits per heavy atom. The minimum absolute atomic E-state index is 0.129. The summed E-state index contributed by atoms with van der Waals surface area (Å²) in [5.74, 6) is -0.469. The zero-order valence-corrected chi connectivity index (χ0v) is 16.2. The van der Waals surface area contributed by atoms with E-state index < -0.39 is 16.0 Å². The number of benzene rings is 1. The normalized spacial score (nSPS) is 15.3. The summed E-state index contributed by atoms with van der Waals surface area (Å²) >= 11 is 0. The number of carbonyl (C=O) groups is 1. The van der Waals surface area contributed by atoms with Crippen molar-refractivity contribution in [3.05, 3.63) is 59.9 Å². The number of aromatic nitrogens is 1. The Kier molecular flexibility index (Phi) is 6.11. The lowest BCUT2D eigenvalue weighted by molar-refractivity contribution is 0.0600. The Bertz CT molecular complexity index is 861. The van der Waals surface area contributed by atoms with Crippen molar-refractivity contribution in [2.24, 2.45) is 0 Å². The van der Waals surface area contributed by atoms with Gasteiger partial charge in [-0.1, -0.05) is 37.5 Å². The van der Waals surface area contributed by atoms with E-state index in [0.29, 0.717) is 29.8 Å². The first-order valence-electron chi connectivity index (χ1n) is 9.12. The highest BCUT2D eigenvalue weighted by atomic mass is 32.2. The fraction of sp³-hybridized carbons (Fsp3) is 0.400. The molecule has 0 unspecified atom stereocenters. The van der Waals surface area contributed by atoms with Crippen molar-refractivity contribution < 1.29 is 17.9 Å². The zero-order valence-electron chi connectivity index (χ0n) is 15.4. The number of hydrogen-bond donors (Lipinski definition) is 0. The van der Waals surface area contributed by atoms with Gasteiger partial charge in [0.2, 0.25) is 10.0 Å². The number of esters is 1. The third-order valence-corrected chi connectivity index (χ3v) is 7.14. The average molecular weight is 388 g/mol. The van der Waals surface area contributed by atoms with Gasteiger partial charge in [-0.3, -0.25) is 9.29 Å². The molecule has 1 aromatic heterocycles. The molecule has 3 rings (SSSR count). The second kappa shape index (κ2) is 8.52. The van der Waals surface area contributed by atoms with Crippen LogP contribution in [0.5, 0.6) is 0 Å². The van der Waals surface area contributed by atoms with Crippen LogP contribution in [-0.4, -0.2) is 31.7 Å². The molecule has 0 spiro atoms. The SMILES string of the molecule is COC(=O)c1ccc(CN(c2ccccc2)S(=O)(=O)C2CCCCC2)nc1. The van der Waals surface area contributed by atoms with E-state index >= 15 is 0 Å². The van der Waals surface area contributed by atoms with Crippen LogP contribution in [0.15, 0.2) is 48.7 Å². The van der Waals surface area contributed by atoms with Crippen LogP contribution < -0.4 is 4.31 Å². The molecule has 0 atom stereocenters. The van der Waals surface area contributed by atoms with Crippen LogP contribution >= 0.6 is 0 Å². The molecule has 0 aliphatic heterocycles. The lowest BCUT2D eigenvalue weighted by atomic mass is 10.0. The van der Waals surface area contributed by atoms with Crippen LogP contribution in [0, 0.1) is 0 Å². The maximum absolute atomic E-state index is 13.3. The van der Waals surface area contributed by atoms with Gasteiger partial charge in [-0.25, -0.2) is 13.2 Å². The number of carbonyl (C=O) groups excluding carboxylic acids is 1. The van der Waals surface area contributed by atoms with Gasteiger partial charge >= 0.3 is 5.97 Å². The summed E-state index contributed by atoms with van der Waals surface area (Å²) in [6, 6.07) is 12.4. The smallest absolute Gasteiger partial charge is 0.339 e. The molecule has 2 aromatic rings. The van der Waals surface area contributed by atoms with Gasteiger partial charge in [0, 0.05) is 6.20 Å². The van der Waals surface area contributed by atoms with Crippen molar-refractivity contribution in [2.45, 2.75) is 43.9 Å². The van der Waals surface area contributed by atoms with Crippen LogP contribution in [0.25, 0.3) is 0 Å². The Morgan fingerprint density at radius 1 is 1.11 bits per heavy atom. The van der Waals surface area contributed by atoms with E-state index in [4.69, 9.17) is 0 Å². The number of para-hydroxylation sites is 1. The first-order chi connectivity index (χ1) is 13.0. The van der Waals surface area contributed by atoms with Gasteiger partial charge in [-0.05, 0) is 37.1 Å². The molecule has 0 saturated heterocycles. The number of anilines is 1.